The van der Waals surface area contributed by atoms with Gasteiger partial charge in [0, 0.05) is 6.54 Å². The first-order chi connectivity index (χ1) is 12.7. The Kier molecular flexibility index (Phi) is 5.85. The van der Waals surface area contributed by atoms with Gasteiger partial charge in [0.05, 0.1) is 18.6 Å². The number of tetrazole rings is 1. The third kappa shape index (κ3) is 4.40. The van der Waals surface area contributed by atoms with E-state index < -0.39 is 0 Å². The standard InChI is InChI=1S/C18H19N5O2S/c1-13-5-3-4-6-16(13)23-18(20-21-22-23)26-12-17(24)19-11-14-7-9-15(25-2)10-8-14/h3-10H,11-12H2,1-2H3,(H,19,24). The first-order valence-corrected chi connectivity index (χ1v) is 9.03. The van der Waals surface area contributed by atoms with Crippen molar-refractivity contribution in [3.05, 3.63) is 59.7 Å². The average Bonchev–Trinajstić information content (AvgIpc) is 3.14. The van der Waals surface area contributed by atoms with Crippen LogP contribution in [0.25, 0.3) is 5.69 Å². The number of carbonyl (C=O) groups excluding carboxylic acids is 1. The lowest BCUT2D eigenvalue weighted by molar-refractivity contribution is -0.118. The molecule has 0 aliphatic heterocycles. The van der Waals surface area contributed by atoms with Crippen molar-refractivity contribution in [2.75, 3.05) is 12.9 Å². The van der Waals surface area contributed by atoms with Crippen LogP contribution in [0.15, 0.2) is 53.7 Å². The van der Waals surface area contributed by atoms with E-state index in [1.54, 1.807) is 11.8 Å². The van der Waals surface area contributed by atoms with Gasteiger partial charge in [-0.05, 0) is 46.7 Å². The van der Waals surface area contributed by atoms with E-state index in [0.29, 0.717) is 11.7 Å². The molecule has 1 heterocycles. The van der Waals surface area contributed by atoms with Crippen molar-refractivity contribution in [1.29, 1.82) is 0 Å². The Balaban J connectivity index is 1.55. The molecule has 0 saturated heterocycles. The van der Waals surface area contributed by atoms with E-state index in [4.69, 9.17) is 4.74 Å². The fourth-order valence-electron chi connectivity index (χ4n) is 2.35. The Morgan fingerprint density at radius 3 is 2.69 bits per heavy atom. The summed E-state index contributed by atoms with van der Waals surface area (Å²) < 4.78 is 6.77. The normalized spacial score (nSPS) is 10.5. The topological polar surface area (TPSA) is 81.9 Å². The number of para-hydroxylation sites is 1. The zero-order valence-electron chi connectivity index (χ0n) is 14.5. The van der Waals surface area contributed by atoms with Crippen molar-refractivity contribution in [3.8, 4) is 11.4 Å². The van der Waals surface area contributed by atoms with Crippen molar-refractivity contribution in [2.45, 2.75) is 18.6 Å². The molecule has 134 valence electrons. The largest absolute Gasteiger partial charge is 0.497 e. The van der Waals surface area contributed by atoms with E-state index in [1.807, 2.05) is 55.5 Å². The minimum Gasteiger partial charge on any atom is -0.497 e. The van der Waals surface area contributed by atoms with Crippen LogP contribution in [0.5, 0.6) is 5.75 Å². The van der Waals surface area contributed by atoms with E-state index in [1.165, 1.54) is 11.8 Å². The van der Waals surface area contributed by atoms with Crippen molar-refractivity contribution < 1.29 is 9.53 Å². The zero-order chi connectivity index (χ0) is 18.4. The van der Waals surface area contributed by atoms with Crippen molar-refractivity contribution >= 4 is 17.7 Å². The molecule has 0 fully saturated rings. The summed E-state index contributed by atoms with van der Waals surface area (Å²) in [5.41, 5.74) is 2.97. The quantitative estimate of drug-likeness (QED) is 0.644. The van der Waals surface area contributed by atoms with Gasteiger partial charge in [0.2, 0.25) is 11.1 Å². The van der Waals surface area contributed by atoms with E-state index >= 15 is 0 Å². The second-order valence-corrected chi connectivity index (χ2v) is 6.52. The second kappa shape index (κ2) is 8.48. The summed E-state index contributed by atoms with van der Waals surface area (Å²) in [4.78, 5) is 12.1. The van der Waals surface area contributed by atoms with Crippen LogP contribution in [-0.4, -0.2) is 39.0 Å². The summed E-state index contributed by atoms with van der Waals surface area (Å²) in [6.07, 6.45) is 0. The smallest absolute Gasteiger partial charge is 0.230 e. The first-order valence-electron chi connectivity index (χ1n) is 8.04. The molecule has 3 rings (SSSR count). The number of carbonyl (C=O) groups is 1. The zero-order valence-corrected chi connectivity index (χ0v) is 15.4. The number of nitrogens with zero attached hydrogens (tertiary/aromatic N) is 4. The monoisotopic (exact) mass is 369 g/mol. The van der Waals surface area contributed by atoms with E-state index in [9.17, 15) is 4.79 Å². The number of aromatic nitrogens is 4. The number of nitrogens with one attached hydrogen (secondary N) is 1. The molecule has 0 aliphatic rings. The number of amides is 1. The maximum absolute atomic E-state index is 12.1. The Morgan fingerprint density at radius 1 is 1.19 bits per heavy atom. The van der Waals surface area contributed by atoms with Crippen LogP contribution >= 0.6 is 11.8 Å². The van der Waals surface area contributed by atoms with Gasteiger partial charge in [-0.2, -0.15) is 4.68 Å². The number of benzene rings is 2. The molecular weight excluding hydrogens is 350 g/mol. The Bertz CT molecular complexity index is 879. The van der Waals surface area contributed by atoms with Gasteiger partial charge in [0.1, 0.15) is 5.75 Å². The fourth-order valence-corrected chi connectivity index (χ4v) is 3.06. The van der Waals surface area contributed by atoms with Gasteiger partial charge in [0.15, 0.2) is 0 Å². The van der Waals surface area contributed by atoms with E-state index in [0.717, 1.165) is 22.6 Å². The highest BCUT2D eigenvalue weighted by atomic mass is 32.2. The molecule has 0 spiro atoms. The molecule has 0 atom stereocenters. The van der Waals surface area contributed by atoms with Gasteiger partial charge in [0.25, 0.3) is 0 Å². The fraction of sp³-hybridized carbons (Fsp3) is 0.222. The molecule has 1 aromatic heterocycles. The minimum atomic E-state index is -0.0786. The summed E-state index contributed by atoms with van der Waals surface area (Å²) in [7, 11) is 1.62. The number of hydrogen-bond donors (Lipinski definition) is 1. The van der Waals surface area contributed by atoms with Gasteiger partial charge >= 0.3 is 0 Å². The summed E-state index contributed by atoms with van der Waals surface area (Å²) in [5.74, 6) is 0.950. The summed E-state index contributed by atoms with van der Waals surface area (Å²) in [6.45, 7) is 2.46. The predicted octanol–water partition coefficient (Wildman–Crippen LogP) is 2.39. The van der Waals surface area contributed by atoms with Gasteiger partial charge < -0.3 is 10.1 Å². The van der Waals surface area contributed by atoms with Crippen molar-refractivity contribution in [2.24, 2.45) is 0 Å². The summed E-state index contributed by atoms with van der Waals surface area (Å²) >= 11 is 1.30. The van der Waals surface area contributed by atoms with Crippen LogP contribution in [0.3, 0.4) is 0 Å². The van der Waals surface area contributed by atoms with Crippen molar-refractivity contribution in [3.63, 3.8) is 0 Å². The molecule has 1 N–H and O–H groups in total. The Labute approximate surface area is 155 Å². The molecular formula is C18H19N5O2S. The summed E-state index contributed by atoms with van der Waals surface area (Å²) in [5, 5.41) is 15.2. The van der Waals surface area contributed by atoms with Crippen LogP contribution in [0.2, 0.25) is 0 Å². The van der Waals surface area contributed by atoms with Crippen LogP contribution in [-0.2, 0) is 11.3 Å². The number of ether oxygens (including phenoxy) is 1. The van der Waals surface area contributed by atoms with Gasteiger partial charge in [-0.15, -0.1) is 5.10 Å². The molecule has 0 bridgehead atoms. The second-order valence-electron chi connectivity index (χ2n) is 5.57. The highest BCUT2D eigenvalue weighted by Gasteiger charge is 2.12. The molecule has 0 saturated carbocycles. The number of rotatable bonds is 7. The van der Waals surface area contributed by atoms with Gasteiger partial charge in [-0.1, -0.05) is 42.1 Å². The van der Waals surface area contributed by atoms with Crippen LogP contribution in [0.4, 0.5) is 0 Å². The lowest BCUT2D eigenvalue weighted by Crippen LogP contribution is -2.24. The maximum Gasteiger partial charge on any atom is 0.230 e. The highest BCUT2D eigenvalue weighted by Crippen LogP contribution is 2.20. The molecule has 3 aromatic rings. The molecule has 2 aromatic carbocycles. The van der Waals surface area contributed by atoms with E-state index in [-0.39, 0.29) is 11.7 Å². The maximum atomic E-state index is 12.1. The third-order valence-corrected chi connectivity index (χ3v) is 4.68. The first kappa shape index (κ1) is 17.9. The SMILES string of the molecule is COc1ccc(CNC(=O)CSc2nnnn2-c2ccccc2C)cc1. The number of methoxy groups -OCH3 is 1. The van der Waals surface area contributed by atoms with E-state index in [2.05, 4.69) is 20.8 Å². The van der Waals surface area contributed by atoms with Gasteiger partial charge in [-0.3, -0.25) is 4.79 Å². The Morgan fingerprint density at radius 2 is 1.96 bits per heavy atom. The summed E-state index contributed by atoms with van der Waals surface area (Å²) in [6, 6.07) is 15.4. The molecule has 0 radical (unpaired) electrons. The molecule has 7 nitrogen and oxygen atoms in total. The number of thioether (sulfide) groups is 1. The highest BCUT2D eigenvalue weighted by molar-refractivity contribution is 7.99. The molecule has 8 heteroatoms. The molecule has 0 unspecified atom stereocenters. The number of hydrogen-bond acceptors (Lipinski definition) is 6. The predicted molar refractivity (Wildman–Crippen MR) is 99.5 cm³/mol. The minimum absolute atomic E-state index is 0.0786. The third-order valence-electron chi connectivity index (χ3n) is 3.77. The average molecular weight is 369 g/mol. The molecule has 26 heavy (non-hydrogen) atoms. The molecule has 1 amide bonds. The van der Waals surface area contributed by atoms with Crippen LogP contribution in [0, 0.1) is 6.92 Å². The lowest BCUT2D eigenvalue weighted by Gasteiger charge is -2.08. The van der Waals surface area contributed by atoms with Crippen LogP contribution in [0.1, 0.15) is 11.1 Å². The van der Waals surface area contributed by atoms with Gasteiger partial charge in [-0.25, -0.2) is 0 Å². The number of aryl methyl sites for hydroxylation is 1. The molecule has 0 aliphatic carbocycles. The van der Waals surface area contributed by atoms with Crippen LogP contribution < -0.4 is 10.1 Å². The lowest BCUT2D eigenvalue weighted by atomic mass is 10.2. The van der Waals surface area contributed by atoms with Crippen molar-refractivity contribution in [1.82, 2.24) is 25.5 Å². The Hall–Kier alpha value is -2.87.